The number of carbonyl (C=O) groups excluding carboxylic acids is 1. The number of nitro benzene ring substituents is 1. The van der Waals surface area contributed by atoms with Crippen LogP contribution in [-0.2, 0) is 10.9 Å². The van der Waals surface area contributed by atoms with Crippen LogP contribution in [0.1, 0.15) is 15.9 Å². The maximum absolute atomic E-state index is 12.6. The van der Waals surface area contributed by atoms with Crippen molar-refractivity contribution in [1.29, 1.82) is 0 Å². The summed E-state index contributed by atoms with van der Waals surface area (Å²) in [6, 6.07) is 1.06. The van der Waals surface area contributed by atoms with Crippen LogP contribution >= 0.6 is 15.9 Å². The molecular formula is C9H5BrF3NO4. The molecule has 9 heteroatoms. The molecule has 0 amide bonds. The van der Waals surface area contributed by atoms with Crippen molar-refractivity contribution in [3.8, 4) is 0 Å². The van der Waals surface area contributed by atoms with Crippen LogP contribution in [-0.4, -0.2) is 18.0 Å². The Bertz CT molecular complexity index is 515. The van der Waals surface area contributed by atoms with Gasteiger partial charge in [-0.3, -0.25) is 10.1 Å². The molecule has 0 atom stereocenters. The molecule has 1 rings (SSSR count). The summed E-state index contributed by atoms with van der Waals surface area (Å²) < 4.78 is 41.6. The molecule has 0 heterocycles. The largest absolute Gasteiger partial charge is 0.465 e. The van der Waals surface area contributed by atoms with Crippen LogP contribution in [0.4, 0.5) is 18.9 Å². The molecule has 0 radical (unpaired) electrons. The average molecular weight is 328 g/mol. The Morgan fingerprint density at radius 1 is 1.44 bits per heavy atom. The molecule has 0 N–H and O–H groups in total. The van der Waals surface area contributed by atoms with Gasteiger partial charge < -0.3 is 4.74 Å². The molecule has 0 bridgehead atoms. The predicted octanol–water partition coefficient (Wildman–Crippen LogP) is 3.16. The van der Waals surface area contributed by atoms with Gasteiger partial charge in [-0.2, -0.15) is 13.2 Å². The number of alkyl halides is 3. The summed E-state index contributed by atoms with van der Waals surface area (Å²) in [5.41, 5.74) is -2.71. The number of methoxy groups -OCH3 is 1. The lowest BCUT2D eigenvalue weighted by atomic mass is 10.1. The number of nitro groups is 1. The number of hydrogen-bond donors (Lipinski definition) is 0. The Kier molecular flexibility index (Phi) is 3.95. The summed E-state index contributed by atoms with van der Waals surface area (Å²) in [5, 5.41) is 10.5. The van der Waals surface area contributed by atoms with Gasteiger partial charge in [-0.05, 0) is 15.9 Å². The second-order valence-electron chi connectivity index (χ2n) is 3.10. The summed E-state index contributed by atoms with van der Waals surface area (Å²) in [5.74, 6) is -1.10. The monoisotopic (exact) mass is 327 g/mol. The molecule has 0 aliphatic carbocycles. The maximum Gasteiger partial charge on any atom is 0.417 e. The molecule has 0 saturated heterocycles. The van der Waals surface area contributed by atoms with Gasteiger partial charge in [-0.1, -0.05) is 0 Å². The summed E-state index contributed by atoms with van der Waals surface area (Å²) in [4.78, 5) is 20.8. The Hall–Kier alpha value is -1.64. The standard InChI is InChI=1S/C9H5BrF3NO4/c1-18-8(15)5-2-4(14(16)17)3-6(7(5)10)9(11,12)13/h2-3H,1H3. The van der Waals surface area contributed by atoms with Crippen LogP contribution in [0.15, 0.2) is 16.6 Å². The van der Waals surface area contributed by atoms with Crippen molar-refractivity contribution in [1.82, 2.24) is 0 Å². The lowest BCUT2D eigenvalue weighted by Gasteiger charge is -2.11. The molecule has 18 heavy (non-hydrogen) atoms. The van der Waals surface area contributed by atoms with E-state index >= 15 is 0 Å². The zero-order chi connectivity index (χ0) is 14.1. The SMILES string of the molecule is COC(=O)c1cc([N+](=O)[O-])cc(C(F)(F)F)c1Br. The van der Waals surface area contributed by atoms with Crippen LogP contribution in [0.3, 0.4) is 0 Å². The molecule has 0 aliphatic rings. The molecular weight excluding hydrogens is 323 g/mol. The van der Waals surface area contributed by atoms with E-state index in [0.717, 1.165) is 7.11 Å². The lowest BCUT2D eigenvalue weighted by Crippen LogP contribution is -2.12. The van der Waals surface area contributed by atoms with Crippen LogP contribution in [0.2, 0.25) is 0 Å². The third-order valence-electron chi connectivity index (χ3n) is 1.98. The number of non-ortho nitro benzene ring substituents is 1. The van der Waals surface area contributed by atoms with Gasteiger partial charge in [0.25, 0.3) is 5.69 Å². The first-order chi connectivity index (χ1) is 8.18. The van der Waals surface area contributed by atoms with Crippen LogP contribution in [0.25, 0.3) is 0 Å². The van der Waals surface area contributed by atoms with Crippen LogP contribution < -0.4 is 0 Å². The molecule has 1 aromatic carbocycles. The number of carbonyl (C=O) groups is 1. The van der Waals surface area contributed by atoms with Gasteiger partial charge in [0, 0.05) is 16.6 Å². The van der Waals surface area contributed by atoms with Crippen molar-refractivity contribution in [3.05, 3.63) is 37.8 Å². The number of esters is 1. The van der Waals surface area contributed by atoms with E-state index < -0.39 is 38.4 Å². The van der Waals surface area contributed by atoms with Crippen molar-refractivity contribution in [2.45, 2.75) is 6.18 Å². The van der Waals surface area contributed by atoms with E-state index in [-0.39, 0.29) is 0 Å². The normalized spacial score (nSPS) is 11.2. The molecule has 0 saturated carbocycles. The minimum absolute atomic E-state index is 0.344. The van der Waals surface area contributed by atoms with Crippen molar-refractivity contribution in [3.63, 3.8) is 0 Å². The number of rotatable bonds is 2. The van der Waals surface area contributed by atoms with E-state index in [1.807, 2.05) is 0 Å². The molecule has 0 aromatic heterocycles. The van der Waals surface area contributed by atoms with Crippen LogP contribution in [0.5, 0.6) is 0 Å². The van der Waals surface area contributed by atoms with E-state index in [4.69, 9.17) is 0 Å². The maximum atomic E-state index is 12.6. The highest BCUT2D eigenvalue weighted by molar-refractivity contribution is 9.10. The molecule has 5 nitrogen and oxygen atoms in total. The van der Waals surface area contributed by atoms with Gasteiger partial charge >= 0.3 is 12.1 Å². The van der Waals surface area contributed by atoms with Gasteiger partial charge in [-0.25, -0.2) is 4.79 Å². The highest BCUT2D eigenvalue weighted by Crippen LogP contribution is 2.39. The first-order valence-electron chi connectivity index (χ1n) is 4.32. The molecule has 0 aliphatic heterocycles. The fraction of sp³-hybridized carbons (Fsp3) is 0.222. The number of ether oxygens (including phenoxy) is 1. The molecule has 98 valence electrons. The number of hydrogen-bond acceptors (Lipinski definition) is 4. The smallest absolute Gasteiger partial charge is 0.417 e. The Morgan fingerprint density at radius 3 is 2.39 bits per heavy atom. The van der Waals surface area contributed by atoms with Crippen molar-refractivity contribution in [2.75, 3.05) is 7.11 Å². The molecule has 0 unspecified atom stereocenters. The fourth-order valence-corrected chi connectivity index (χ4v) is 1.79. The first kappa shape index (κ1) is 14.4. The Balaban J connectivity index is 3.58. The van der Waals surface area contributed by atoms with Crippen molar-refractivity contribution in [2.24, 2.45) is 0 Å². The highest BCUT2D eigenvalue weighted by atomic mass is 79.9. The van der Waals surface area contributed by atoms with Gasteiger partial charge in [0.1, 0.15) is 0 Å². The minimum Gasteiger partial charge on any atom is -0.465 e. The number of benzene rings is 1. The summed E-state index contributed by atoms with van der Waals surface area (Å²) in [6.07, 6.45) is -4.83. The Labute approximate surface area is 107 Å². The zero-order valence-corrected chi connectivity index (χ0v) is 10.3. The fourth-order valence-electron chi connectivity index (χ4n) is 1.18. The second-order valence-corrected chi connectivity index (χ2v) is 3.89. The van der Waals surface area contributed by atoms with Gasteiger partial charge in [-0.15, -0.1) is 0 Å². The summed E-state index contributed by atoms with van der Waals surface area (Å²) >= 11 is 2.60. The van der Waals surface area contributed by atoms with E-state index in [2.05, 4.69) is 20.7 Å². The van der Waals surface area contributed by atoms with E-state index in [1.54, 1.807) is 0 Å². The van der Waals surface area contributed by atoms with Gasteiger partial charge in [0.15, 0.2) is 0 Å². The topological polar surface area (TPSA) is 69.4 Å². The predicted molar refractivity (Wildman–Crippen MR) is 57.1 cm³/mol. The third kappa shape index (κ3) is 2.78. The quantitative estimate of drug-likeness (QED) is 0.475. The average Bonchev–Trinajstić information content (AvgIpc) is 2.26. The zero-order valence-electron chi connectivity index (χ0n) is 8.75. The van der Waals surface area contributed by atoms with E-state index in [0.29, 0.717) is 12.1 Å². The van der Waals surface area contributed by atoms with E-state index in [9.17, 15) is 28.1 Å². The van der Waals surface area contributed by atoms with Crippen molar-refractivity contribution >= 4 is 27.6 Å². The number of nitrogens with zero attached hydrogens (tertiary/aromatic N) is 1. The molecule has 1 aromatic rings. The third-order valence-corrected chi connectivity index (χ3v) is 2.83. The summed E-state index contributed by atoms with van der Waals surface area (Å²) in [7, 11) is 0.959. The minimum atomic E-state index is -4.83. The van der Waals surface area contributed by atoms with Gasteiger partial charge in [0.05, 0.1) is 23.2 Å². The van der Waals surface area contributed by atoms with Crippen LogP contribution in [0, 0.1) is 10.1 Å². The highest BCUT2D eigenvalue weighted by Gasteiger charge is 2.37. The van der Waals surface area contributed by atoms with E-state index in [1.165, 1.54) is 0 Å². The Morgan fingerprint density at radius 2 is 2.00 bits per heavy atom. The molecule has 0 fully saturated rings. The van der Waals surface area contributed by atoms with Gasteiger partial charge in [0.2, 0.25) is 0 Å². The molecule has 0 spiro atoms. The van der Waals surface area contributed by atoms with Crippen molar-refractivity contribution < 1.29 is 27.6 Å². The summed E-state index contributed by atoms with van der Waals surface area (Å²) in [6.45, 7) is 0. The first-order valence-corrected chi connectivity index (χ1v) is 5.11. The lowest BCUT2D eigenvalue weighted by molar-refractivity contribution is -0.385. The number of halogens is 4. The second kappa shape index (κ2) is 4.92.